The molecule has 41 heavy (non-hydrogen) atoms. The maximum atomic E-state index is 14.6. The first-order valence-corrected chi connectivity index (χ1v) is 13.9. The van der Waals surface area contributed by atoms with Gasteiger partial charge in [0.25, 0.3) is 5.91 Å². The fourth-order valence-electron chi connectivity index (χ4n) is 5.54. The predicted molar refractivity (Wildman–Crippen MR) is 160 cm³/mol. The van der Waals surface area contributed by atoms with E-state index in [0.29, 0.717) is 24.3 Å². The number of carbonyl (C=O) groups is 3. The summed E-state index contributed by atoms with van der Waals surface area (Å²) in [6.07, 6.45) is 1.08. The van der Waals surface area contributed by atoms with Crippen molar-refractivity contribution in [3.05, 3.63) is 95.6 Å². The third kappa shape index (κ3) is 7.25. The van der Waals surface area contributed by atoms with Crippen LogP contribution in [0.25, 0.3) is 0 Å². The van der Waals surface area contributed by atoms with E-state index in [1.54, 1.807) is 24.3 Å². The third-order valence-electron chi connectivity index (χ3n) is 7.36. The largest absolute Gasteiger partial charge is 0.497 e. The number of hydrogen-bond acceptors (Lipinski definition) is 4. The van der Waals surface area contributed by atoms with Gasteiger partial charge in [-0.3, -0.25) is 19.9 Å². The summed E-state index contributed by atoms with van der Waals surface area (Å²) >= 11 is 0. The molecule has 1 fully saturated rings. The molecule has 0 spiro atoms. The number of urea groups is 1. The van der Waals surface area contributed by atoms with E-state index in [4.69, 9.17) is 10.5 Å². The number of hydrogen-bond donors (Lipinski definition) is 2. The number of amides is 4. The molecule has 1 aliphatic rings. The maximum Gasteiger partial charge on any atom is 0.320 e. The summed E-state index contributed by atoms with van der Waals surface area (Å²) in [5, 5.41) is 1.44. The minimum Gasteiger partial charge on any atom is -0.497 e. The van der Waals surface area contributed by atoms with E-state index in [2.05, 4.69) is 5.43 Å². The molecule has 1 saturated heterocycles. The Morgan fingerprint density at radius 3 is 2.29 bits per heavy atom. The van der Waals surface area contributed by atoms with Gasteiger partial charge in [0.1, 0.15) is 11.8 Å². The molecule has 1 aliphatic heterocycles. The van der Waals surface area contributed by atoms with Crippen molar-refractivity contribution < 1.29 is 19.1 Å². The number of aryl methyl sites for hydroxylation is 1. The van der Waals surface area contributed by atoms with E-state index < -0.39 is 24.0 Å². The molecular weight excluding hydrogens is 516 g/mol. The third-order valence-corrected chi connectivity index (χ3v) is 7.36. The van der Waals surface area contributed by atoms with Crippen LogP contribution in [0.2, 0.25) is 0 Å². The lowest BCUT2D eigenvalue weighted by Crippen LogP contribution is -2.57. The van der Waals surface area contributed by atoms with Gasteiger partial charge < -0.3 is 10.5 Å². The number of ether oxygens (including phenoxy) is 1. The van der Waals surface area contributed by atoms with Crippen LogP contribution in [0.5, 0.6) is 5.75 Å². The van der Waals surface area contributed by atoms with Crippen LogP contribution < -0.4 is 20.8 Å². The number of anilines is 1. The van der Waals surface area contributed by atoms with Crippen molar-refractivity contribution in [1.82, 2.24) is 10.4 Å². The summed E-state index contributed by atoms with van der Waals surface area (Å²) < 4.78 is 5.39. The van der Waals surface area contributed by atoms with Crippen LogP contribution in [0.3, 0.4) is 0 Å². The van der Waals surface area contributed by atoms with Gasteiger partial charge in [0.2, 0.25) is 5.91 Å². The molecule has 0 radical (unpaired) electrons. The number of benzene rings is 3. The molecule has 0 aliphatic carbocycles. The number of carbonyl (C=O) groups excluding carboxylic acids is 3. The van der Waals surface area contributed by atoms with Crippen molar-refractivity contribution >= 4 is 23.5 Å². The molecule has 1 heterocycles. The molecule has 0 bridgehead atoms. The SMILES string of the molecule is COc1cccc(N(C(N)=O)C2CC(c3ccccc3)CC(c3cccc(C)c3)N(NC(=O)CC(C)(C)C)C2=O)c1. The fraction of sp³-hybridized carbons (Fsp3) is 0.364. The highest BCUT2D eigenvalue weighted by Crippen LogP contribution is 2.41. The first kappa shape index (κ1) is 29.6. The van der Waals surface area contributed by atoms with Crippen LogP contribution in [0.15, 0.2) is 78.9 Å². The summed E-state index contributed by atoms with van der Waals surface area (Å²) in [6.45, 7) is 7.92. The fourth-order valence-corrected chi connectivity index (χ4v) is 5.54. The second kappa shape index (κ2) is 12.5. The number of methoxy groups -OCH3 is 1. The van der Waals surface area contributed by atoms with Crippen LogP contribution in [0.4, 0.5) is 10.5 Å². The molecule has 0 saturated carbocycles. The molecule has 3 N–H and O–H groups in total. The second-order valence-electron chi connectivity index (χ2n) is 11.9. The summed E-state index contributed by atoms with van der Waals surface area (Å²) in [5.74, 6) is -0.263. The molecule has 3 atom stereocenters. The lowest BCUT2D eigenvalue weighted by atomic mass is 9.86. The van der Waals surface area contributed by atoms with Gasteiger partial charge in [-0.15, -0.1) is 0 Å². The van der Waals surface area contributed by atoms with Crippen LogP contribution in [0, 0.1) is 12.3 Å². The Bertz CT molecular complexity index is 1390. The molecule has 216 valence electrons. The molecule has 8 heteroatoms. The zero-order chi connectivity index (χ0) is 29.7. The highest BCUT2D eigenvalue weighted by Gasteiger charge is 2.43. The van der Waals surface area contributed by atoms with Gasteiger partial charge in [0.15, 0.2) is 0 Å². The van der Waals surface area contributed by atoms with Gasteiger partial charge in [-0.1, -0.05) is 87.0 Å². The van der Waals surface area contributed by atoms with E-state index in [0.717, 1.165) is 16.7 Å². The molecular formula is C33H40N4O4. The normalized spacial score (nSPS) is 19.3. The Hall–Kier alpha value is -4.33. The van der Waals surface area contributed by atoms with Gasteiger partial charge in [-0.25, -0.2) is 9.80 Å². The average Bonchev–Trinajstić information content (AvgIpc) is 3.05. The van der Waals surface area contributed by atoms with Crippen molar-refractivity contribution in [2.75, 3.05) is 12.0 Å². The minimum atomic E-state index is -0.977. The van der Waals surface area contributed by atoms with E-state index in [9.17, 15) is 14.4 Å². The Balaban J connectivity index is 1.87. The van der Waals surface area contributed by atoms with E-state index in [1.165, 1.54) is 17.0 Å². The van der Waals surface area contributed by atoms with Crippen LogP contribution in [-0.4, -0.2) is 36.0 Å². The van der Waals surface area contributed by atoms with Gasteiger partial charge >= 0.3 is 6.03 Å². The van der Waals surface area contributed by atoms with Gasteiger partial charge in [0.05, 0.1) is 18.8 Å². The molecule has 3 aromatic carbocycles. The number of rotatable bonds is 7. The molecule has 4 amide bonds. The molecule has 4 rings (SSSR count). The molecule has 8 nitrogen and oxygen atoms in total. The maximum absolute atomic E-state index is 14.6. The summed E-state index contributed by atoms with van der Waals surface area (Å²) in [7, 11) is 1.54. The van der Waals surface area contributed by atoms with Gasteiger partial charge in [-0.2, -0.15) is 0 Å². The van der Waals surface area contributed by atoms with E-state index in [1.807, 2.05) is 82.3 Å². The van der Waals surface area contributed by atoms with Crippen LogP contribution in [0.1, 0.15) is 68.7 Å². The number of nitrogens with zero attached hydrogens (tertiary/aromatic N) is 2. The van der Waals surface area contributed by atoms with Crippen molar-refractivity contribution in [2.45, 2.75) is 65.0 Å². The number of hydrazine groups is 1. The van der Waals surface area contributed by atoms with E-state index in [-0.39, 0.29) is 23.7 Å². The smallest absolute Gasteiger partial charge is 0.320 e. The Morgan fingerprint density at radius 1 is 0.976 bits per heavy atom. The van der Waals surface area contributed by atoms with E-state index >= 15 is 0 Å². The lowest BCUT2D eigenvalue weighted by molar-refractivity contribution is -0.145. The van der Waals surface area contributed by atoms with Crippen LogP contribution in [-0.2, 0) is 9.59 Å². The van der Waals surface area contributed by atoms with Gasteiger partial charge in [-0.05, 0) is 54.4 Å². The van der Waals surface area contributed by atoms with Crippen molar-refractivity contribution in [3.63, 3.8) is 0 Å². The Labute approximate surface area is 242 Å². The minimum absolute atomic E-state index is 0.118. The number of nitrogens with two attached hydrogens (primary N) is 1. The first-order chi connectivity index (χ1) is 19.5. The van der Waals surface area contributed by atoms with Crippen molar-refractivity contribution in [1.29, 1.82) is 0 Å². The Morgan fingerprint density at radius 2 is 1.66 bits per heavy atom. The molecule has 0 aromatic heterocycles. The highest BCUT2D eigenvalue weighted by atomic mass is 16.5. The predicted octanol–water partition coefficient (Wildman–Crippen LogP) is 5.87. The van der Waals surface area contributed by atoms with Crippen LogP contribution >= 0.6 is 0 Å². The summed E-state index contributed by atoms with van der Waals surface area (Å²) in [6, 6.07) is 22.6. The average molecular weight is 557 g/mol. The van der Waals surface area contributed by atoms with Crippen molar-refractivity contribution in [2.24, 2.45) is 11.1 Å². The second-order valence-corrected chi connectivity index (χ2v) is 11.9. The van der Waals surface area contributed by atoms with Gasteiger partial charge in [0, 0.05) is 12.5 Å². The monoisotopic (exact) mass is 556 g/mol. The number of primary amides is 1. The standard InChI is InChI=1S/C33H40N4O4/c1-22-11-9-14-24(17-22)28-18-25(23-12-7-6-8-13-23)19-29(31(39)37(28)35-30(38)21-33(2,3)4)36(32(34)40)26-15-10-16-27(20-26)41-5/h6-17,20,25,28-29H,18-19,21H2,1-5H3,(H2,34,40)(H,35,38). The molecule has 3 aromatic rings. The quantitative estimate of drug-likeness (QED) is 0.380. The zero-order valence-corrected chi connectivity index (χ0v) is 24.5. The zero-order valence-electron chi connectivity index (χ0n) is 24.5. The summed E-state index contributed by atoms with van der Waals surface area (Å²) in [5.41, 5.74) is 12.1. The highest BCUT2D eigenvalue weighted by molar-refractivity contribution is 6.00. The molecule has 3 unspecified atom stereocenters. The Kier molecular flexibility index (Phi) is 9.01. The van der Waals surface area contributed by atoms with Crippen molar-refractivity contribution in [3.8, 4) is 5.75 Å². The summed E-state index contributed by atoms with van der Waals surface area (Å²) in [4.78, 5) is 42.3. The first-order valence-electron chi connectivity index (χ1n) is 13.9. The lowest BCUT2D eigenvalue weighted by Gasteiger charge is -2.35. The number of nitrogens with one attached hydrogen (secondary N) is 1. The topological polar surface area (TPSA) is 105 Å².